The molecule has 0 fully saturated rings. The van der Waals surface area contributed by atoms with Crippen LogP contribution in [0.15, 0.2) is 24.3 Å². The fourth-order valence-electron chi connectivity index (χ4n) is 2.80. The Balaban J connectivity index is 1.62. The molecule has 0 aromatic heterocycles. The van der Waals surface area contributed by atoms with E-state index in [1.165, 1.54) is 18.5 Å². The summed E-state index contributed by atoms with van der Waals surface area (Å²) in [5, 5.41) is 3.58. The molecule has 0 saturated heterocycles. The van der Waals surface area contributed by atoms with Crippen LogP contribution in [0.4, 0.5) is 0 Å². The maximum atomic E-state index is 5.82. The molecule has 0 aliphatic carbocycles. The van der Waals surface area contributed by atoms with Gasteiger partial charge in [-0.15, -0.1) is 0 Å². The Morgan fingerprint density at radius 3 is 2.85 bits per heavy atom. The van der Waals surface area contributed by atoms with Crippen LogP contribution in [0.5, 0.6) is 5.75 Å². The van der Waals surface area contributed by atoms with Crippen molar-refractivity contribution in [3.63, 3.8) is 0 Å². The smallest absolute Gasteiger partial charge is 0.122 e. The number of benzene rings is 1. The minimum Gasteiger partial charge on any atom is -0.493 e. The van der Waals surface area contributed by atoms with Crippen LogP contribution in [0.2, 0.25) is 0 Å². The van der Waals surface area contributed by atoms with Crippen LogP contribution in [0.25, 0.3) is 0 Å². The molecular formula is C17H28N2O. The van der Waals surface area contributed by atoms with Crippen molar-refractivity contribution in [2.75, 3.05) is 39.3 Å². The number of hydrogen-bond donors (Lipinski definition) is 1. The van der Waals surface area contributed by atoms with Crippen LogP contribution in [0.1, 0.15) is 25.8 Å². The summed E-state index contributed by atoms with van der Waals surface area (Å²) in [6.45, 7) is 11.0. The number of hydrogen-bond acceptors (Lipinski definition) is 3. The normalized spacial score (nSPS) is 17.9. The topological polar surface area (TPSA) is 24.5 Å². The van der Waals surface area contributed by atoms with Crippen molar-refractivity contribution in [3.8, 4) is 5.75 Å². The second-order valence-corrected chi connectivity index (χ2v) is 5.57. The van der Waals surface area contributed by atoms with Gasteiger partial charge >= 0.3 is 0 Å². The molecule has 1 aromatic rings. The molecule has 1 atom stereocenters. The SMILES string of the molecule is CCN(CC)CCCNCC1COc2ccccc2C1. The Kier molecular flexibility index (Phi) is 6.34. The Morgan fingerprint density at radius 2 is 2.05 bits per heavy atom. The molecule has 1 aliphatic heterocycles. The first-order valence-electron chi connectivity index (χ1n) is 7.97. The van der Waals surface area contributed by atoms with Gasteiger partial charge in [0.2, 0.25) is 0 Å². The van der Waals surface area contributed by atoms with Crippen LogP contribution in [-0.2, 0) is 6.42 Å². The first kappa shape index (κ1) is 15.3. The first-order valence-corrected chi connectivity index (χ1v) is 7.97. The predicted molar refractivity (Wildman–Crippen MR) is 84.4 cm³/mol. The lowest BCUT2D eigenvalue weighted by molar-refractivity contribution is 0.217. The predicted octanol–water partition coefficient (Wildman–Crippen LogP) is 2.56. The zero-order valence-corrected chi connectivity index (χ0v) is 12.9. The molecule has 0 spiro atoms. The molecule has 0 bridgehead atoms. The van der Waals surface area contributed by atoms with Crippen LogP contribution < -0.4 is 10.1 Å². The van der Waals surface area contributed by atoms with Gasteiger partial charge in [-0.2, -0.15) is 0 Å². The average molecular weight is 276 g/mol. The number of ether oxygens (including phenoxy) is 1. The Hall–Kier alpha value is -1.06. The maximum Gasteiger partial charge on any atom is 0.122 e. The third kappa shape index (κ3) is 4.50. The van der Waals surface area contributed by atoms with Crippen molar-refractivity contribution in [1.29, 1.82) is 0 Å². The number of nitrogens with zero attached hydrogens (tertiary/aromatic N) is 1. The molecule has 0 amide bonds. The van der Waals surface area contributed by atoms with Crippen LogP contribution in [0, 0.1) is 5.92 Å². The van der Waals surface area contributed by atoms with Crippen molar-refractivity contribution in [2.45, 2.75) is 26.7 Å². The second kappa shape index (κ2) is 8.28. The second-order valence-electron chi connectivity index (χ2n) is 5.57. The average Bonchev–Trinajstić information content (AvgIpc) is 2.51. The van der Waals surface area contributed by atoms with Gasteiger partial charge in [-0.3, -0.25) is 0 Å². The lowest BCUT2D eigenvalue weighted by Gasteiger charge is -2.25. The molecule has 1 aliphatic rings. The lowest BCUT2D eigenvalue weighted by Crippen LogP contribution is -2.33. The maximum absolute atomic E-state index is 5.82. The molecule has 1 unspecified atom stereocenters. The molecular weight excluding hydrogens is 248 g/mol. The van der Waals surface area contributed by atoms with Crippen molar-refractivity contribution >= 4 is 0 Å². The van der Waals surface area contributed by atoms with Crippen molar-refractivity contribution in [2.24, 2.45) is 5.92 Å². The molecule has 1 N–H and O–H groups in total. The van der Waals surface area contributed by atoms with Gasteiger partial charge in [-0.25, -0.2) is 0 Å². The van der Waals surface area contributed by atoms with Gasteiger partial charge in [0.05, 0.1) is 6.61 Å². The highest BCUT2D eigenvalue weighted by Crippen LogP contribution is 2.26. The third-order valence-electron chi connectivity index (χ3n) is 4.11. The molecule has 112 valence electrons. The molecule has 0 radical (unpaired) electrons. The highest BCUT2D eigenvalue weighted by Gasteiger charge is 2.18. The fraction of sp³-hybridized carbons (Fsp3) is 0.647. The van der Waals surface area contributed by atoms with E-state index in [0.717, 1.165) is 45.0 Å². The molecule has 3 nitrogen and oxygen atoms in total. The standard InChI is InChI=1S/C17H28N2O/c1-3-19(4-2)11-7-10-18-13-15-12-16-8-5-6-9-17(16)20-14-15/h5-6,8-9,15,18H,3-4,7,10-14H2,1-2H3. The van der Waals surface area contributed by atoms with Gasteiger partial charge in [0.25, 0.3) is 0 Å². The van der Waals surface area contributed by atoms with E-state index >= 15 is 0 Å². The number of rotatable bonds is 8. The summed E-state index contributed by atoms with van der Waals surface area (Å²) in [5.74, 6) is 1.68. The van der Waals surface area contributed by atoms with E-state index in [0.29, 0.717) is 5.92 Å². The van der Waals surface area contributed by atoms with Crippen LogP contribution in [-0.4, -0.2) is 44.2 Å². The fourth-order valence-corrected chi connectivity index (χ4v) is 2.80. The van der Waals surface area contributed by atoms with Gasteiger partial charge < -0.3 is 15.0 Å². The van der Waals surface area contributed by atoms with E-state index in [-0.39, 0.29) is 0 Å². The number of fused-ring (bicyclic) bond motifs is 1. The first-order chi connectivity index (χ1) is 9.83. The summed E-state index contributed by atoms with van der Waals surface area (Å²) in [5.41, 5.74) is 1.36. The van der Waals surface area contributed by atoms with Crippen molar-refractivity contribution in [3.05, 3.63) is 29.8 Å². The summed E-state index contributed by atoms with van der Waals surface area (Å²) < 4.78 is 5.82. The summed E-state index contributed by atoms with van der Waals surface area (Å²) in [6, 6.07) is 8.40. The largest absolute Gasteiger partial charge is 0.493 e. The summed E-state index contributed by atoms with van der Waals surface area (Å²) in [4.78, 5) is 2.47. The number of para-hydroxylation sites is 1. The van der Waals surface area contributed by atoms with E-state index < -0.39 is 0 Å². The number of nitrogens with one attached hydrogen (secondary N) is 1. The highest BCUT2D eigenvalue weighted by molar-refractivity contribution is 5.35. The molecule has 0 saturated carbocycles. The molecule has 1 heterocycles. The minimum absolute atomic E-state index is 0.610. The summed E-state index contributed by atoms with van der Waals surface area (Å²) in [6.07, 6.45) is 2.37. The van der Waals surface area contributed by atoms with Gasteiger partial charge in [0, 0.05) is 12.5 Å². The van der Waals surface area contributed by atoms with E-state index in [9.17, 15) is 0 Å². The zero-order chi connectivity index (χ0) is 14.2. The zero-order valence-electron chi connectivity index (χ0n) is 12.9. The van der Waals surface area contributed by atoms with Crippen molar-refractivity contribution < 1.29 is 4.74 Å². The van der Waals surface area contributed by atoms with Crippen LogP contribution in [0.3, 0.4) is 0 Å². The van der Waals surface area contributed by atoms with Gasteiger partial charge in [-0.1, -0.05) is 32.0 Å². The molecule has 3 heteroatoms. The van der Waals surface area contributed by atoms with E-state index in [1.54, 1.807) is 0 Å². The van der Waals surface area contributed by atoms with Gasteiger partial charge in [-0.05, 0) is 50.7 Å². The molecule has 2 rings (SSSR count). The monoisotopic (exact) mass is 276 g/mol. The van der Waals surface area contributed by atoms with E-state index in [2.05, 4.69) is 42.3 Å². The Morgan fingerprint density at radius 1 is 1.25 bits per heavy atom. The van der Waals surface area contributed by atoms with E-state index in [1.807, 2.05) is 6.07 Å². The summed E-state index contributed by atoms with van der Waals surface area (Å²) >= 11 is 0. The van der Waals surface area contributed by atoms with Crippen molar-refractivity contribution in [1.82, 2.24) is 10.2 Å². The molecule has 20 heavy (non-hydrogen) atoms. The van der Waals surface area contributed by atoms with E-state index in [4.69, 9.17) is 4.74 Å². The summed E-state index contributed by atoms with van der Waals surface area (Å²) in [7, 11) is 0. The minimum atomic E-state index is 0.610. The quantitative estimate of drug-likeness (QED) is 0.739. The lowest BCUT2D eigenvalue weighted by atomic mass is 9.97. The van der Waals surface area contributed by atoms with Gasteiger partial charge in [0.1, 0.15) is 5.75 Å². The Labute approximate surface area is 123 Å². The Bertz CT molecular complexity index is 390. The van der Waals surface area contributed by atoms with Crippen LogP contribution >= 0.6 is 0 Å². The molecule has 1 aromatic carbocycles. The van der Waals surface area contributed by atoms with Gasteiger partial charge in [0.15, 0.2) is 0 Å². The third-order valence-corrected chi connectivity index (χ3v) is 4.11. The highest BCUT2D eigenvalue weighted by atomic mass is 16.5.